The van der Waals surface area contributed by atoms with E-state index >= 15 is 0 Å². The lowest BCUT2D eigenvalue weighted by molar-refractivity contribution is -0.166. The Kier molecular flexibility index (Phi) is 4.76. The number of likely N-dealkylation sites (N-methyl/N-ethyl adjacent to an activating group) is 1. The Morgan fingerprint density at radius 2 is 2.23 bits per heavy atom. The summed E-state index contributed by atoms with van der Waals surface area (Å²) in [6.07, 6.45) is -0.186. The van der Waals surface area contributed by atoms with Crippen molar-refractivity contribution < 1.29 is 19.4 Å². The fourth-order valence-electron chi connectivity index (χ4n) is 0.916. The predicted octanol–water partition coefficient (Wildman–Crippen LogP) is 0.0780. The van der Waals surface area contributed by atoms with Crippen LogP contribution in [0.25, 0.3) is 0 Å². The topological polar surface area (TPSA) is 66.8 Å². The molecule has 0 aromatic carbocycles. The number of nitrogens with zero attached hydrogens (tertiary/aromatic N) is 1. The van der Waals surface area contributed by atoms with Gasteiger partial charge in [0.1, 0.15) is 0 Å². The van der Waals surface area contributed by atoms with Crippen LogP contribution in [0.5, 0.6) is 0 Å². The van der Waals surface area contributed by atoms with Gasteiger partial charge < -0.3 is 14.7 Å². The van der Waals surface area contributed by atoms with Crippen LogP contribution in [-0.2, 0) is 14.3 Å². The molecule has 0 fully saturated rings. The van der Waals surface area contributed by atoms with Crippen LogP contribution in [0.2, 0.25) is 0 Å². The minimum Gasteiger partial charge on any atom is -0.478 e. The van der Waals surface area contributed by atoms with Gasteiger partial charge in [0.25, 0.3) is 0 Å². The average Bonchev–Trinajstić information content (AvgIpc) is 2.12. The van der Waals surface area contributed by atoms with Crippen LogP contribution < -0.4 is 0 Å². The van der Waals surface area contributed by atoms with Gasteiger partial charge in [0, 0.05) is 13.7 Å². The molecule has 0 aromatic rings. The Morgan fingerprint density at radius 3 is 2.46 bits per heavy atom. The molecule has 0 saturated carbocycles. The summed E-state index contributed by atoms with van der Waals surface area (Å²) in [5, 5.41) is 8.67. The number of amides is 1. The number of rotatable bonds is 5. The zero-order chi connectivity index (χ0) is 10.4. The van der Waals surface area contributed by atoms with Crippen LogP contribution in [0.4, 0.5) is 0 Å². The lowest BCUT2D eigenvalue weighted by atomic mass is 10.4. The van der Waals surface area contributed by atoms with Crippen molar-refractivity contribution in [2.24, 2.45) is 0 Å². The lowest BCUT2D eigenvalue weighted by Crippen LogP contribution is -2.45. The second-order valence-corrected chi connectivity index (χ2v) is 2.25. The largest absolute Gasteiger partial charge is 0.478 e. The number of hydrogen-bond acceptors (Lipinski definition) is 3. The van der Waals surface area contributed by atoms with E-state index in [0.29, 0.717) is 0 Å². The molecule has 5 nitrogen and oxygen atoms in total. The van der Waals surface area contributed by atoms with Crippen molar-refractivity contribution in [3.8, 4) is 0 Å². The molecule has 0 rings (SSSR count). The normalized spacial score (nSPS) is 11.8. The Balaban J connectivity index is 4.61. The van der Waals surface area contributed by atoms with E-state index in [1.54, 1.807) is 6.92 Å². The van der Waals surface area contributed by atoms with Gasteiger partial charge in [-0.15, -0.1) is 0 Å². The van der Waals surface area contributed by atoms with Crippen LogP contribution >= 0.6 is 0 Å². The molecule has 0 aromatic heterocycles. The molecule has 0 radical (unpaired) electrons. The van der Waals surface area contributed by atoms with Crippen LogP contribution in [-0.4, -0.2) is 41.8 Å². The second-order valence-electron chi connectivity index (χ2n) is 2.25. The lowest BCUT2D eigenvalue weighted by Gasteiger charge is -2.24. The summed E-state index contributed by atoms with van der Waals surface area (Å²) in [4.78, 5) is 22.8. The van der Waals surface area contributed by atoms with Gasteiger partial charge in [-0.3, -0.25) is 4.79 Å². The summed E-state index contributed by atoms with van der Waals surface area (Å²) >= 11 is 0. The molecule has 0 saturated heterocycles. The Labute approximate surface area is 76.6 Å². The molecule has 5 heteroatoms. The molecule has 74 valence electrons. The van der Waals surface area contributed by atoms with Crippen molar-refractivity contribution in [3.05, 3.63) is 12.7 Å². The minimum absolute atomic E-state index is 0.260. The Morgan fingerprint density at radius 1 is 1.69 bits per heavy atom. The highest BCUT2D eigenvalue weighted by molar-refractivity contribution is 5.90. The summed E-state index contributed by atoms with van der Waals surface area (Å²) in [5.41, 5.74) is 0. The molecule has 0 aliphatic heterocycles. The molecular formula is C8H13NO4. The second kappa shape index (κ2) is 5.31. The predicted molar refractivity (Wildman–Crippen MR) is 46.0 cm³/mol. The molecule has 0 bridgehead atoms. The van der Waals surface area contributed by atoms with Crippen LogP contribution in [0.15, 0.2) is 12.7 Å². The third kappa shape index (κ3) is 2.87. The van der Waals surface area contributed by atoms with E-state index in [2.05, 4.69) is 11.3 Å². The quantitative estimate of drug-likeness (QED) is 0.489. The Bertz CT molecular complexity index is 214. The van der Waals surface area contributed by atoms with E-state index in [-0.39, 0.29) is 6.54 Å². The molecule has 0 heterocycles. The zero-order valence-corrected chi connectivity index (χ0v) is 7.69. The number of hydrogen-bond donors (Lipinski definition) is 1. The van der Waals surface area contributed by atoms with Crippen LogP contribution in [0.3, 0.4) is 0 Å². The molecule has 0 aliphatic rings. The Hall–Kier alpha value is -1.36. The van der Waals surface area contributed by atoms with Gasteiger partial charge in [-0.05, 0) is 13.0 Å². The first-order chi connectivity index (χ1) is 6.08. The van der Waals surface area contributed by atoms with Gasteiger partial charge in [0.05, 0.1) is 0 Å². The standard InChI is InChI=1S/C8H13NO4/c1-4-6(10)9(5-2)7(13-3)8(11)12/h4,7H,1,5H2,2-3H3,(H,11,12). The van der Waals surface area contributed by atoms with Crippen LogP contribution in [0.1, 0.15) is 6.92 Å². The van der Waals surface area contributed by atoms with E-state index in [1.165, 1.54) is 7.11 Å². The number of carboxylic acid groups (broad SMARTS) is 1. The smallest absolute Gasteiger partial charge is 0.354 e. The number of ether oxygens (including phenoxy) is 1. The SMILES string of the molecule is C=CC(=O)N(CC)C(OC)C(=O)O. The maximum atomic E-state index is 11.1. The first-order valence-corrected chi connectivity index (χ1v) is 3.77. The molecule has 0 aliphatic carbocycles. The monoisotopic (exact) mass is 187 g/mol. The molecule has 1 amide bonds. The van der Waals surface area contributed by atoms with Gasteiger partial charge in [-0.1, -0.05) is 6.58 Å². The molecule has 1 N–H and O–H groups in total. The summed E-state index contributed by atoms with van der Waals surface area (Å²) in [7, 11) is 1.23. The first-order valence-electron chi connectivity index (χ1n) is 3.77. The highest BCUT2D eigenvalue weighted by Crippen LogP contribution is 2.01. The maximum Gasteiger partial charge on any atom is 0.354 e. The van der Waals surface area contributed by atoms with Gasteiger partial charge in [0.2, 0.25) is 12.1 Å². The summed E-state index contributed by atoms with van der Waals surface area (Å²) in [5.74, 6) is -1.66. The fraction of sp³-hybridized carbons (Fsp3) is 0.500. The van der Waals surface area contributed by atoms with Crippen molar-refractivity contribution >= 4 is 11.9 Å². The van der Waals surface area contributed by atoms with Crippen LogP contribution in [0, 0.1) is 0 Å². The highest BCUT2D eigenvalue weighted by Gasteiger charge is 2.26. The van der Waals surface area contributed by atoms with Crippen molar-refractivity contribution in [3.63, 3.8) is 0 Å². The molecule has 0 spiro atoms. The fourth-order valence-corrected chi connectivity index (χ4v) is 0.916. The van der Waals surface area contributed by atoms with Crippen molar-refractivity contribution in [2.75, 3.05) is 13.7 Å². The molecular weight excluding hydrogens is 174 g/mol. The van der Waals surface area contributed by atoms with Gasteiger partial charge in [0.15, 0.2) is 0 Å². The molecule has 1 atom stereocenters. The average molecular weight is 187 g/mol. The maximum absolute atomic E-state index is 11.1. The van der Waals surface area contributed by atoms with Crippen molar-refractivity contribution in [1.82, 2.24) is 4.90 Å². The van der Waals surface area contributed by atoms with E-state index in [0.717, 1.165) is 11.0 Å². The van der Waals surface area contributed by atoms with Crippen molar-refractivity contribution in [1.29, 1.82) is 0 Å². The summed E-state index contributed by atoms with van der Waals surface area (Å²) in [6, 6.07) is 0. The van der Waals surface area contributed by atoms with E-state index < -0.39 is 18.1 Å². The third-order valence-electron chi connectivity index (χ3n) is 1.52. The highest BCUT2D eigenvalue weighted by atomic mass is 16.5. The number of carboxylic acids is 1. The molecule has 13 heavy (non-hydrogen) atoms. The zero-order valence-electron chi connectivity index (χ0n) is 7.69. The van der Waals surface area contributed by atoms with Gasteiger partial charge in [-0.25, -0.2) is 4.79 Å². The van der Waals surface area contributed by atoms with Gasteiger partial charge in [-0.2, -0.15) is 0 Å². The number of aliphatic carboxylic acids is 1. The third-order valence-corrected chi connectivity index (χ3v) is 1.52. The summed E-state index contributed by atoms with van der Waals surface area (Å²) < 4.78 is 4.65. The van der Waals surface area contributed by atoms with Gasteiger partial charge >= 0.3 is 5.97 Å². The number of carbonyl (C=O) groups is 2. The van der Waals surface area contributed by atoms with E-state index in [1.807, 2.05) is 0 Å². The number of methoxy groups -OCH3 is 1. The minimum atomic E-state index is -1.24. The van der Waals surface area contributed by atoms with E-state index in [4.69, 9.17) is 5.11 Å². The van der Waals surface area contributed by atoms with E-state index in [9.17, 15) is 9.59 Å². The number of carbonyl (C=O) groups excluding carboxylic acids is 1. The first kappa shape index (κ1) is 11.6. The molecule has 1 unspecified atom stereocenters. The summed E-state index contributed by atoms with van der Waals surface area (Å²) in [6.45, 7) is 5.19. The van der Waals surface area contributed by atoms with Crippen molar-refractivity contribution in [2.45, 2.75) is 13.2 Å².